The Labute approximate surface area is 108 Å². The Morgan fingerprint density at radius 1 is 1.47 bits per heavy atom. The first-order valence-corrected chi connectivity index (χ1v) is 5.28. The van der Waals surface area contributed by atoms with Gasteiger partial charge in [0.05, 0.1) is 6.07 Å². The van der Waals surface area contributed by atoms with Crippen LogP contribution >= 0.6 is 0 Å². The number of esters is 1. The highest BCUT2D eigenvalue weighted by Gasteiger charge is 2.09. The molecule has 0 atom stereocenters. The summed E-state index contributed by atoms with van der Waals surface area (Å²) in [5.74, 6) is -1.34. The van der Waals surface area contributed by atoms with E-state index in [2.05, 4.69) is 10.1 Å². The third kappa shape index (κ3) is 4.91. The van der Waals surface area contributed by atoms with Crippen LogP contribution in [0.25, 0.3) is 0 Å². The molecule has 100 valence electrons. The summed E-state index contributed by atoms with van der Waals surface area (Å²) in [6, 6.07) is 4.35. The standard InChI is InChI=1S/C11H12N4O4/c12-3-4-14-9(16)7-19-11(18)6-15-5-8(13)1-2-10(15)17/h1-2,5H,4,6-7,13H2,(H,14,16). The van der Waals surface area contributed by atoms with E-state index in [-0.39, 0.29) is 13.1 Å². The number of nitrogen functional groups attached to an aromatic ring is 1. The zero-order chi connectivity index (χ0) is 14.3. The Morgan fingerprint density at radius 3 is 2.89 bits per heavy atom. The second kappa shape index (κ2) is 6.80. The molecule has 0 saturated carbocycles. The Morgan fingerprint density at radius 2 is 2.21 bits per heavy atom. The number of aromatic nitrogens is 1. The van der Waals surface area contributed by atoms with Crippen molar-refractivity contribution in [2.24, 2.45) is 0 Å². The van der Waals surface area contributed by atoms with E-state index in [1.807, 2.05) is 0 Å². The highest BCUT2D eigenvalue weighted by Crippen LogP contribution is 1.96. The molecule has 1 rings (SSSR count). The highest BCUT2D eigenvalue weighted by molar-refractivity contribution is 5.80. The lowest BCUT2D eigenvalue weighted by Crippen LogP contribution is -2.31. The van der Waals surface area contributed by atoms with E-state index >= 15 is 0 Å². The topological polar surface area (TPSA) is 127 Å². The van der Waals surface area contributed by atoms with Gasteiger partial charge in [-0.15, -0.1) is 0 Å². The van der Waals surface area contributed by atoms with Crippen molar-refractivity contribution in [1.29, 1.82) is 5.26 Å². The summed E-state index contributed by atoms with van der Waals surface area (Å²) in [4.78, 5) is 33.8. The van der Waals surface area contributed by atoms with Gasteiger partial charge in [0.25, 0.3) is 11.5 Å². The molecular formula is C11H12N4O4. The summed E-state index contributed by atoms with van der Waals surface area (Å²) < 4.78 is 5.71. The summed E-state index contributed by atoms with van der Waals surface area (Å²) in [7, 11) is 0. The van der Waals surface area contributed by atoms with Crippen LogP contribution in [0, 0.1) is 11.3 Å². The van der Waals surface area contributed by atoms with Gasteiger partial charge in [-0.3, -0.25) is 14.4 Å². The van der Waals surface area contributed by atoms with Crippen LogP contribution in [-0.2, 0) is 20.9 Å². The molecule has 8 heteroatoms. The first-order valence-electron chi connectivity index (χ1n) is 5.28. The van der Waals surface area contributed by atoms with Crippen LogP contribution < -0.4 is 16.6 Å². The molecule has 0 bridgehead atoms. The fourth-order valence-electron chi connectivity index (χ4n) is 1.19. The van der Waals surface area contributed by atoms with Crippen LogP contribution in [0.1, 0.15) is 0 Å². The van der Waals surface area contributed by atoms with E-state index in [1.54, 1.807) is 6.07 Å². The van der Waals surface area contributed by atoms with E-state index in [0.29, 0.717) is 5.69 Å². The summed E-state index contributed by atoms with van der Waals surface area (Å²) in [5.41, 5.74) is 5.40. The third-order valence-electron chi connectivity index (χ3n) is 2.03. The average molecular weight is 264 g/mol. The zero-order valence-electron chi connectivity index (χ0n) is 9.96. The molecule has 0 spiro atoms. The van der Waals surface area contributed by atoms with Gasteiger partial charge in [-0.2, -0.15) is 5.26 Å². The van der Waals surface area contributed by atoms with E-state index in [4.69, 9.17) is 11.0 Å². The molecule has 1 amide bonds. The Bertz CT molecular complexity index is 573. The average Bonchev–Trinajstić information content (AvgIpc) is 2.38. The molecule has 0 aliphatic rings. The number of hydrogen-bond donors (Lipinski definition) is 2. The Hall–Kier alpha value is -2.82. The maximum absolute atomic E-state index is 11.4. The lowest BCUT2D eigenvalue weighted by atomic mass is 10.4. The molecule has 0 unspecified atom stereocenters. The number of nitriles is 1. The second-order valence-electron chi connectivity index (χ2n) is 3.52. The van der Waals surface area contributed by atoms with Crippen molar-refractivity contribution in [2.45, 2.75) is 6.54 Å². The van der Waals surface area contributed by atoms with Crippen molar-refractivity contribution in [1.82, 2.24) is 9.88 Å². The summed E-state index contributed by atoms with van der Waals surface area (Å²) in [6.07, 6.45) is 1.30. The van der Waals surface area contributed by atoms with Crippen molar-refractivity contribution in [2.75, 3.05) is 18.9 Å². The fraction of sp³-hybridized carbons (Fsp3) is 0.273. The molecule has 1 aromatic heterocycles. The predicted molar refractivity (Wildman–Crippen MR) is 64.7 cm³/mol. The lowest BCUT2D eigenvalue weighted by molar-refractivity contribution is -0.149. The number of nitrogens with one attached hydrogen (secondary N) is 1. The van der Waals surface area contributed by atoms with Gasteiger partial charge < -0.3 is 20.4 Å². The number of nitrogens with zero attached hydrogens (tertiary/aromatic N) is 2. The van der Waals surface area contributed by atoms with Crippen LogP contribution in [0.5, 0.6) is 0 Å². The third-order valence-corrected chi connectivity index (χ3v) is 2.03. The lowest BCUT2D eigenvalue weighted by Gasteiger charge is -2.07. The van der Waals surface area contributed by atoms with Crippen molar-refractivity contribution < 1.29 is 14.3 Å². The normalized spacial score (nSPS) is 9.42. The minimum Gasteiger partial charge on any atom is -0.454 e. The number of carbonyl (C=O) groups excluding carboxylic acids is 2. The van der Waals surface area contributed by atoms with Crippen molar-refractivity contribution in [3.8, 4) is 6.07 Å². The monoisotopic (exact) mass is 264 g/mol. The second-order valence-corrected chi connectivity index (χ2v) is 3.52. The summed E-state index contributed by atoms with van der Waals surface area (Å²) in [5, 5.41) is 10.4. The van der Waals surface area contributed by atoms with Crippen molar-refractivity contribution in [3.63, 3.8) is 0 Å². The zero-order valence-corrected chi connectivity index (χ0v) is 9.96. The number of pyridine rings is 1. The molecule has 3 N–H and O–H groups in total. The van der Waals surface area contributed by atoms with Gasteiger partial charge in [0.15, 0.2) is 6.61 Å². The number of carbonyl (C=O) groups is 2. The number of amides is 1. The van der Waals surface area contributed by atoms with Gasteiger partial charge in [-0.1, -0.05) is 0 Å². The van der Waals surface area contributed by atoms with E-state index < -0.39 is 24.0 Å². The van der Waals surface area contributed by atoms with E-state index in [9.17, 15) is 14.4 Å². The molecule has 0 aromatic carbocycles. The molecule has 0 radical (unpaired) electrons. The van der Waals surface area contributed by atoms with Crippen LogP contribution in [-0.4, -0.2) is 29.6 Å². The van der Waals surface area contributed by atoms with Crippen LogP contribution in [0.3, 0.4) is 0 Å². The number of hydrogen-bond acceptors (Lipinski definition) is 6. The number of rotatable bonds is 5. The highest BCUT2D eigenvalue weighted by atomic mass is 16.5. The van der Waals surface area contributed by atoms with E-state index in [0.717, 1.165) is 4.57 Å². The molecule has 0 aliphatic carbocycles. The largest absolute Gasteiger partial charge is 0.454 e. The van der Waals surface area contributed by atoms with Gasteiger partial charge in [0.1, 0.15) is 13.1 Å². The van der Waals surface area contributed by atoms with Gasteiger partial charge in [-0.05, 0) is 6.07 Å². The van der Waals surface area contributed by atoms with Gasteiger partial charge in [0.2, 0.25) is 0 Å². The van der Waals surface area contributed by atoms with E-state index in [1.165, 1.54) is 18.3 Å². The molecule has 1 heterocycles. The van der Waals surface area contributed by atoms with Crippen LogP contribution in [0.2, 0.25) is 0 Å². The SMILES string of the molecule is N#CCNC(=O)COC(=O)Cn1cc(N)ccc1=O. The number of ether oxygens (including phenoxy) is 1. The minimum absolute atomic E-state index is 0.162. The van der Waals surface area contributed by atoms with Crippen molar-refractivity contribution >= 4 is 17.6 Å². The van der Waals surface area contributed by atoms with Crippen LogP contribution in [0.4, 0.5) is 5.69 Å². The maximum atomic E-state index is 11.4. The summed E-state index contributed by atoms with van der Waals surface area (Å²) >= 11 is 0. The van der Waals surface area contributed by atoms with Gasteiger partial charge >= 0.3 is 5.97 Å². The fourth-order valence-corrected chi connectivity index (χ4v) is 1.19. The molecule has 19 heavy (non-hydrogen) atoms. The Balaban J connectivity index is 2.48. The van der Waals surface area contributed by atoms with Crippen LogP contribution in [0.15, 0.2) is 23.1 Å². The van der Waals surface area contributed by atoms with Gasteiger partial charge in [0, 0.05) is 18.0 Å². The predicted octanol–water partition coefficient (Wildman–Crippen LogP) is -1.39. The van der Waals surface area contributed by atoms with Gasteiger partial charge in [-0.25, -0.2) is 0 Å². The first kappa shape index (κ1) is 14.2. The molecule has 1 aromatic rings. The first-order chi connectivity index (χ1) is 9.02. The molecule has 8 nitrogen and oxygen atoms in total. The molecule has 0 saturated heterocycles. The Kier molecular flexibility index (Phi) is 5.10. The maximum Gasteiger partial charge on any atom is 0.326 e. The smallest absolute Gasteiger partial charge is 0.326 e. The summed E-state index contributed by atoms with van der Waals surface area (Å²) in [6.45, 7) is -1.00. The quantitative estimate of drug-likeness (QED) is 0.498. The number of anilines is 1. The van der Waals surface area contributed by atoms with Crippen molar-refractivity contribution in [3.05, 3.63) is 28.7 Å². The molecular weight excluding hydrogens is 252 g/mol. The molecule has 0 fully saturated rings. The minimum atomic E-state index is -0.750. The number of nitrogens with two attached hydrogens (primary N) is 1. The molecule has 0 aliphatic heterocycles.